The zero-order chi connectivity index (χ0) is 21.5. The number of hydrogen-bond donors (Lipinski definition) is 1. The number of morpholine rings is 1. The number of amides is 1. The van der Waals surface area contributed by atoms with E-state index in [4.69, 9.17) is 9.15 Å². The number of carbonyl (C=O) groups is 1. The highest BCUT2D eigenvalue weighted by molar-refractivity contribution is 6.00. The molecule has 1 fully saturated rings. The fraction of sp³-hybridized carbons (Fsp3) is 0.360. The smallest absolute Gasteiger partial charge is 0.252 e. The number of hydrogen-bond acceptors (Lipinski definition) is 5. The summed E-state index contributed by atoms with van der Waals surface area (Å²) in [5.74, 6) is 1.04. The second-order valence-electron chi connectivity index (χ2n) is 7.86. The van der Waals surface area contributed by atoms with Crippen molar-refractivity contribution in [1.29, 1.82) is 0 Å². The van der Waals surface area contributed by atoms with Crippen molar-refractivity contribution >= 4 is 5.91 Å². The van der Waals surface area contributed by atoms with E-state index in [1.165, 1.54) is 5.56 Å². The SMILES string of the molecule is Cc1ccc(-c2cnc(-c3ccccc3C(=O)NCCCCN3CCOCC3)o2)cc1. The van der Waals surface area contributed by atoms with Crippen molar-refractivity contribution < 1.29 is 13.9 Å². The first-order valence-corrected chi connectivity index (χ1v) is 10.9. The van der Waals surface area contributed by atoms with Crippen LogP contribution < -0.4 is 5.32 Å². The molecular formula is C25H29N3O3. The molecule has 0 bridgehead atoms. The number of aryl methyl sites for hydroxylation is 1. The van der Waals surface area contributed by atoms with Gasteiger partial charge < -0.3 is 14.5 Å². The molecular weight excluding hydrogens is 390 g/mol. The van der Waals surface area contributed by atoms with Gasteiger partial charge in [-0.3, -0.25) is 9.69 Å². The summed E-state index contributed by atoms with van der Waals surface area (Å²) in [5.41, 5.74) is 3.43. The first-order valence-electron chi connectivity index (χ1n) is 10.9. The largest absolute Gasteiger partial charge is 0.436 e. The van der Waals surface area contributed by atoms with Gasteiger partial charge in [0, 0.05) is 30.8 Å². The van der Waals surface area contributed by atoms with Gasteiger partial charge in [-0.2, -0.15) is 0 Å². The van der Waals surface area contributed by atoms with Crippen LogP contribution in [0.1, 0.15) is 28.8 Å². The first kappa shape index (κ1) is 21.3. The van der Waals surface area contributed by atoms with E-state index in [2.05, 4.69) is 15.2 Å². The van der Waals surface area contributed by atoms with Crippen LogP contribution in [0.2, 0.25) is 0 Å². The molecule has 2 heterocycles. The third kappa shape index (κ3) is 5.60. The van der Waals surface area contributed by atoms with E-state index in [0.29, 0.717) is 29.3 Å². The number of nitrogens with one attached hydrogen (secondary N) is 1. The van der Waals surface area contributed by atoms with Crippen LogP contribution in [-0.4, -0.2) is 55.2 Å². The zero-order valence-electron chi connectivity index (χ0n) is 18.0. The van der Waals surface area contributed by atoms with Gasteiger partial charge in [0.25, 0.3) is 5.91 Å². The lowest BCUT2D eigenvalue weighted by Crippen LogP contribution is -2.37. The number of benzene rings is 2. The fourth-order valence-electron chi connectivity index (χ4n) is 3.70. The van der Waals surface area contributed by atoms with Crippen LogP contribution in [0, 0.1) is 6.92 Å². The van der Waals surface area contributed by atoms with E-state index in [9.17, 15) is 4.79 Å². The lowest BCUT2D eigenvalue weighted by molar-refractivity contribution is 0.0372. The molecule has 1 amide bonds. The van der Waals surface area contributed by atoms with Gasteiger partial charge in [-0.25, -0.2) is 4.98 Å². The number of aromatic nitrogens is 1. The van der Waals surface area contributed by atoms with Crippen molar-refractivity contribution in [3.63, 3.8) is 0 Å². The van der Waals surface area contributed by atoms with E-state index < -0.39 is 0 Å². The van der Waals surface area contributed by atoms with Crippen molar-refractivity contribution in [3.05, 3.63) is 65.9 Å². The van der Waals surface area contributed by atoms with Crippen molar-refractivity contribution in [2.75, 3.05) is 39.4 Å². The van der Waals surface area contributed by atoms with Crippen LogP contribution in [0.5, 0.6) is 0 Å². The molecule has 1 N–H and O–H groups in total. The Morgan fingerprint density at radius 1 is 1.06 bits per heavy atom. The molecule has 4 rings (SSSR count). The lowest BCUT2D eigenvalue weighted by atomic mass is 10.1. The standard InChI is InChI=1S/C25H29N3O3/c1-19-8-10-20(11-9-19)23-18-27-25(31-23)22-7-3-2-6-21(22)24(29)26-12-4-5-13-28-14-16-30-17-15-28/h2-3,6-11,18H,4-5,12-17H2,1H3,(H,26,29). The maximum absolute atomic E-state index is 12.8. The van der Waals surface area contributed by atoms with Crippen LogP contribution in [0.3, 0.4) is 0 Å². The molecule has 6 heteroatoms. The third-order valence-electron chi connectivity index (χ3n) is 5.53. The van der Waals surface area contributed by atoms with Crippen LogP contribution in [0.4, 0.5) is 0 Å². The summed E-state index contributed by atoms with van der Waals surface area (Å²) in [6.45, 7) is 7.39. The van der Waals surface area contributed by atoms with Gasteiger partial charge in [-0.05, 0) is 38.4 Å². The molecule has 2 aromatic carbocycles. The average molecular weight is 420 g/mol. The van der Waals surface area contributed by atoms with Crippen molar-refractivity contribution in [1.82, 2.24) is 15.2 Å². The average Bonchev–Trinajstić information content (AvgIpc) is 3.30. The molecule has 0 aliphatic carbocycles. The summed E-state index contributed by atoms with van der Waals surface area (Å²) in [7, 11) is 0. The van der Waals surface area contributed by atoms with Gasteiger partial charge >= 0.3 is 0 Å². The molecule has 1 aliphatic heterocycles. The Labute approximate surface area is 183 Å². The maximum Gasteiger partial charge on any atom is 0.252 e. The molecule has 0 spiro atoms. The van der Waals surface area contributed by atoms with Gasteiger partial charge in [-0.1, -0.05) is 42.0 Å². The molecule has 0 atom stereocenters. The number of carbonyl (C=O) groups excluding carboxylic acids is 1. The van der Waals surface area contributed by atoms with Gasteiger partial charge in [0.05, 0.1) is 25.0 Å². The molecule has 1 aromatic heterocycles. The van der Waals surface area contributed by atoms with Crippen molar-refractivity contribution in [2.45, 2.75) is 19.8 Å². The molecule has 0 radical (unpaired) electrons. The van der Waals surface area contributed by atoms with Crippen molar-refractivity contribution in [2.24, 2.45) is 0 Å². The summed E-state index contributed by atoms with van der Waals surface area (Å²) in [6, 6.07) is 15.5. The second-order valence-corrected chi connectivity index (χ2v) is 7.86. The minimum absolute atomic E-state index is 0.0999. The Morgan fingerprint density at radius 3 is 2.65 bits per heavy atom. The molecule has 1 saturated heterocycles. The summed E-state index contributed by atoms with van der Waals surface area (Å²) in [4.78, 5) is 19.6. The predicted octanol–water partition coefficient (Wildman–Crippen LogP) is 4.16. The summed E-state index contributed by atoms with van der Waals surface area (Å²) in [6.07, 6.45) is 3.71. The lowest BCUT2D eigenvalue weighted by Gasteiger charge is -2.26. The predicted molar refractivity (Wildman–Crippen MR) is 121 cm³/mol. The van der Waals surface area contributed by atoms with E-state index >= 15 is 0 Å². The number of unbranched alkanes of at least 4 members (excludes halogenated alkanes) is 1. The van der Waals surface area contributed by atoms with Crippen LogP contribution in [0.15, 0.2) is 59.1 Å². The van der Waals surface area contributed by atoms with E-state index in [0.717, 1.165) is 51.3 Å². The summed E-state index contributed by atoms with van der Waals surface area (Å²) >= 11 is 0. The monoisotopic (exact) mass is 419 g/mol. The highest BCUT2D eigenvalue weighted by Crippen LogP contribution is 2.28. The minimum atomic E-state index is -0.0999. The normalized spacial score (nSPS) is 14.5. The highest BCUT2D eigenvalue weighted by Gasteiger charge is 2.17. The second kappa shape index (κ2) is 10.4. The van der Waals surface area contributed by atoms with Gasteiger partial charge in [0.1, 0.15) is 0 Å². The molecule has 1 aliphatic rings. The van der Waals surface area contributed by atoms with Crippen molar-refractivity contribution in [3.8, 4) is 22.8 Å². The number of oxazole rings is 1. The molecule has 162 valence electrons. The number of rotatable bonds is 8. The molecule has 3 aromatic rings. The summed E-state index contributed by atoms with van der Waals surface area (Å²) in [5, 5.41) is 3.04. The third-order valence-corrected chi connectivity index (χ3v) is 5.53. The molecule has 0 saturated carbocycles. The van der Waals surface area contributed by atoms with Crippen LogP contribution in [-0.2, 0) is 4.74 Å². The van der Waals surface area contributed by atoms with Gasteiger partial charge in [-0.15, -0.1) is 0 Å². The number of ether oxygens (including phenoxy) is 1. The van der Waals surface area contributed by atoms with E-state index in [-0.39, 0.29) is 5.91 Å². The maximum atomic E-state index is 12.8. The minimum Gasteiger partial charge on any atom is -0.436 e. The highest BCUT2D eigenvalue weighted by atomic mass is 16.5. The molecule has 31 heavy (non-hydrogen) atoms. The Kier molecular flexibility index (Phi) is 7.12. The molecule has 6 nitrogen and oxygen atoms in total. The van der Waals surface area contributed by atoms with E-state index in [1.54, 1.807) is 6.20 Å². The topological polar surface area (TPSA) is 67.6 Å². The van der Waals surface area contributed by atoms with Crippen LogP contribution in [0.25, 0.3) is 22.8 Å². The number of nitrogens with zero attached hydrogens (tertiary/aromatic N) is 2. The first-order chi connectivity index (χ1) is 15.2. The Hall–Kier alpha value is -2.96. The van der Waals surface area contributed by atoms with E-state index in [1.807, 2.05) is 55.5 Å². The quantitative estimate of drug-likeness (QED) is 0.556. The Bertz CT molecular complexity index is 991. The van der Waals surface area contributed by atoms with Crippen LogP contribution >= 0.6 is 0 Å². The summed E-state index contributed by atoms with van der Waals surface area (Å²) < 4.78 is 11.4. The fourth-order valence-corrected chi connectivity index (χ4v) is 3.70. The Balaban J connectivity index is 1.35. The molecule has 0 unspecified atom stereocenters. The van der Waals surface area contributed by atoms with Gasteiger partial charge in [0.2, 0.25) is 5.89 Å². The Morgan fingerprint density at radius 2 is 1.84 bits per heavy atom. The zero-order valence-corrected chi connectivity index (χ0v) is 18.0. The van der Waals surface area contributed by atoms with Gasteiger partial charge in [0.15, 0.2) is 5.76 Å².